The summed E-state index contributed by atoms with van der Waals surface area (Å²) in [7, 11) is 0. The minimum Gasteiger partial charge on any atom is -0.366 e. The molecule has 0 unspecified atom stereocenters. The van der Waals surface area contributed by atoms with Crippen molar-refractivity contribution in [1.29, 1.82) is 0 Å². The van der Waals surface area contributed by atoms with E-state index in [1.165, 1.54) is 6.07 Å². The van der Waals surface area contributed by atoms with Crippen molar-refractivity contribution < 1.29 is 9.72 Å². The van der Waals surface area contributed by atoms with Gasteiger partial charge in [0.15, 0.2) is 5.82 Å². The summed E-state index contributed by atoms with van der Waals surface area (Å²) in [6.45, 7) is 5.09. The second kappa shape index (κ2) is 8.55. The van der Waals surface area contributed by atoms with Gasteiger partial charge in [0.05, 0.1) is 22.5 Å². The summed E-state index contributed by atoms with van der Waals surface area (Å²) in [6.07, 6.45) is 2.90. The Labute approximate surface area is 179 Å². The lowest BCUT2D eigenvalue weighted by Crippen LogP contribution is -2.38. The molecule has 4 rings (SSSR count). The Hall–Kier alpha value is -3.75. The average Bonchev–Trinajstić information content (AvgIpc) is 3.12. The van der Waals surface area contributed by atoms with Crippen LogP contribution in [0.25, 0.3) is 5.82 Å². The molecule has 0 spiro atoms. The van der Waals surface area contributed by atoms with E-state index in [2.05, 4.69) is 15.4 Å². The first-order valence-corrected chi connectivity index (χ1v) is 10.2. The Bertz CT molecular complexity index is 1100. The van der Waals surface area contributed by atoms with Gasteiger partial charge < -0.3 is 10.2 Å². The largest absolute Gasteiger partial charge is 0.366 e. The number of pyridine rings is 1. The summed E-state index contributed by atoms with van der Waals surface area (Å²) in [5.74, 6) is 0.499. The standard InChI is InChI=1S/C22H24N6O3/c1-15-13-16(2)27(25-15)21-8-7-18(14-23-21)24-22(29)17-9-11-26(12-10-17)19-5-3-4-6-20(19)28(30)31/h3-8,13-14,17H,9-12H2,1-2H3,(H,24,29). The molecule has 0 bridgehead atoms. The Kier molecular flexibility index (Phi) is 5.66. The average molecular weight is 420 g/mol. The smallest absolute Gasteiger partial charge is 0.292 e. The fourth-order valence-corrected chi connectivity index (χ4v) is 3.96. The molecule has 1 aliphatic rings. The van der Waals surface area contributed by atoms with Crippen LogP contribution in [0, 0.1) is 29.9 Å². The van der Waals surface area contributed by atoms with Crippen LogP contribution in [0.15, 0.2) is 48.7 Å². The molecule has 160 valence electrons. The first-order chi connectivity index (χ1) is 14.9. The second-order valence-corrected chi connectivity index (χ2v) is 7.74. The number of hydrogen-bond donors (Lipinski definition) is 1. The number of nitrogens with zero attached hydrogens (tertiary/aromatic N) is 5. The van der Waals surface area contributed by atoms with Crippen LogP contribution in [0.2, 0.25) is 0 Å². The van der Waals surface area contributed by atoms with Gasteiger partial charge in [0, 0.05) is 30.8 Å². The van der Waals surface area contributed by atoms with E-state index in [0.717, 1.165) is 11.4 Å². The number of nitro groups is 1. The number of amides is 1. The third-order valence-electron chi connectivity index (χ3n) is 5.53. The first-order valence-electron chi connectivity index (χ1n) is 10.2. The minimum absolute atomic E-state index is 0.0529. The predicted octanol–water partition coefficient (Wildman–Crippen LogP) is 3.65. The normalized spacial score (nSPS) is 14.5. The lowest BCUT2D eigenvalue weighted by molar-refractivity contribution is -0.384. The van der Waals surface area contributed by atoms with Crippen molar-refractivity contribution in [3.05, 3.63) is 70.2 Å². The molecule has 2 aromatic heterocycles. The Balaban J connectivity index is 1.36. The third-order valence-corrected chi connectivity index (χ3v) is 5.53. The van der Waals surface area contributed by atoms with Crippen molar-refractivity contribution >= 4 is 23.0 Å². The van der Waals surface area contributed by atoms with Gasteiger partial charge in [-0.05, 0) is 51.0 Å². The van der Waals surface area contributed by atoms with Gasteiger partial charge in [-0.3, -0.25) is 14.9 Å². The monoisotopic (exact) mass is 420 g/mol. The molecular weight excluding hydrogens is 396 g/mol. The molecule has 9 heteroatoms. The van der Waals surface area contributed by atoms with Gasteiger partial charge in [0.1, 0.15) is 5.69 Å². The van der Waals surface area contributed by atoms with Crippen LogP contribution < -0.4 is 10.2 Å². The SMILES string of the molecule is Cc1cc(C)n(-c2ccc(NC(=O)C3CCN(c4ccccc4[N+](=O)[O-])CC3)cn2)n1. The van der Waals surface area contributed by atoms with E-state index in [1.807, 2.05) is 36.9 Å². The topological polar surface area (TPSA) is 106 Å². The van der Waals surface area contributed by atoms with Crippen LogP contribution in [-0.2, 0) is 4.79 Å². The molecule has 31 heavy (non-hydrogen) atoms. The van der Waals surface area contributed by atoms with E-state index in [4.69, 9.17) is 0 Å². The fourth-order valence-electron chi connectivity index (χ4n) is 3.96. The zero-order chi connectivity index (χ0) is 22.0. The molecule has 1 aliphatic heterocycles. The number of piperidine rings is 1. The number of carbonyl (C=O) groups is 1. The lowest BCUT2D eigenvalue weighted by atomic mass is 9.95. The number of nitro benzene ring substituents is 1. The van der Waals surface area contributed by atoms with Gasteiger partial charge >= 0.3 is 0 Å². The molecule has 3 aromatic rings. The molecule has 0 aliphatic carbocycles. The van der Waals surface area contributed by atoms with Gasteiger partial charge in [0.25, 0.3) is 5.69 Å². The molecule has 1 fully saturated rings. The number of aryl methyl sites for hydroxylation is 2. The number of anilines is 2. The van der Waals surface area contributed by atoms with Crippen LogP contribution >= 0.6 is 0 Å². The van der Waals surface area contributed by atoms with Crippen molar-refractivity contribution in [2.24, 2.45) is 5.92 Å². The zero-order valence-electron chi connectivity index (χ0n) is 17.5. The van der Waals surface area contributed by atoms with Gasteiger partial charge in [-0.1, -0.05) is 12.1 Å². The van der Waals surface area contributed by atoms with Crippen LogP contribution in [0.3, 0.4) is 0 Å². The van der Waals surface area contributed by atoms with Gasteiger partial charge in [-0.25, -0.2) is 9.67 Å². The van der Waals surface area contributed by atoms with E-state index >= 15 is 0 Å². The highest BCUT2D eigenvalue weighted by atomic mass is 16.6. The molecule has 1 amide bonds. The molecule has 0 atom stereocenters. The maximum Gasteiger partial charge on any atom is 0.292 e. The van der Waals surface area contributed by atoms with Crippen LogP contribution in [0.1, 0.15) is 24.2 Å². The highest BCUT2D eigenvalue weighted by Crippen LogP contribution is 2.31. The van der Waals surface area contributed by atoms with E-state index in [0.29, 0.717) is 43.1 Å². The highest BCUT2D eigenvalue weighted by molar-refractivity contribution is 5.92. The minimum atomic E-state index is -0.364. The van der Waals surface area contributed by atoms with Crippen LogP contribution in [-0.4, -0.2) is 38.7 Å². The first kappa shape index (κ1) is 20.5. The van der Waals surface area contributed by atoms with Crippen molar-refractivity contribution in [3.63, 3.8) is 0 Å². The quantitative estimate of drug-likeness (QED) is 0.499. The molecule has 1 N–H and O–H groups in total. The molecule has 0 saturated carbocycles. The number of carbonyl (C=O) groups excluding carboxylic acids is 1. The summed E-state index contributed by atoms with van der Waals surface area (Å²) in [5.41, 5.74) is 3.25. The fraction of sp³-hybridized carbons (Fsp3) is 0.318. The number of hydrogen-bond acceptors (Lipinski definition) is 6. The molecule has 3 heterocycles. The number of para-hydroxylation sites is 2. The molecule has 0 radical (unpaired) electrons. The Morgan fingerprint density at radius 3 is 2.52 bits per heavy atom. The molecular formula is C22H24N6O3. The van der Waals surface area contributed by atoms with Crippen LogP contribution in [0.5, 0.6) is 0 Å². The molecule has 1 aromatic carbocycles. The van der Waals surface area contributed by atoms with Crippen molar-refractivity contribution in [3.8, 4) is 5.82 Å². The summed E-state index contributed by atoms with van der Waals surface area (Å²) in [4.78, 5) is 30.0. The highest BCUT2D eigenvalue weighted by Gasteiger charge is 2.28. The lowest BCUT2D eigenvalue weighted by Gasteiger charge is -2.32. The Morgan fingerprint density at radius 1 is 1.16 bits per heavy atom. The number of benzene rings is 1. The maximum absolute atomic E-state index is 12.7. The molecule has 9 nitrogen and oxygen atoms in total. The van der Waals surface area contributed by atoms with E-state index in [-0.39, 0.29) is 22.4 Å². The van der Waals surface area contributed by atoms with E-state index in [9.17, 15) is 14.9 Å². The van der Waals surface area contributed by atoms with Crippen molar-refractivity contribution in [2.45, 2.75) is 26.7 Å². The zero-order valence-corrected chi connectivity index (χ0v) is 17.5. The predicted molar refractivity (Wildman–Crippen MR) is 117 cm³/mol. The summed E-state index contributed by atoms with van der Waals surface area (Å²) in [5, 5.41) is 18.6. The Morgan fingerprint density at radius 2 is 1.90 bits per heavy atom. The van der Waals surface area contributed by atoms with Crippen molar-refractivity contribution in [2.75, 3.05) is 23.3 Å². The molecule has 1 saturated heterocycles. The van der Waals surface area contributed by atoms with E-state index in [1.54, 1.807) is 29.1 Å². The van der Waals surface area contributed by atoms with Gasteiger partial charge in [-0.15, -0.1) is 0 Å². The van der Waals surface area contributed by atoms with Crippen LogP contribution in [0.4, 0.5) is 17.1 Å². The number of aromatic nitrogens is 3. The van der Waals surface area contributed by atoms with Crippen molar-refractivity contribution in [1.82, 2.24) is 14.8 Å². The summed E-state index contributed by atoms with van der Waals surface area (Å²) in [6, 6.07) is 12.4. The number of rotatable bonds is 5. The van der Waals surface area contributed by atoms with Gasteiger partial charge in [0.2, 0.25) is 5.91 Å². The summed E-state index contributed by atoms with van der Waals surface area (Å²) < 4.78 is 1.76. The summed E-state index contributed by atoms with van der Waals surface area (Å²) >= 11 is 0. The number of nitrogens with one attached hydrogen (secondary N) is 1. The second-order valence-electron chi connectivity index (χ2n) is 7.74. The van der Waals surface area contributed by atoms with Gasteiger partial charge in [-0.2, -0.15) is 5.10 Å². The van der Waals surface area contributed by atoms with E-state index < -0.39 is 0 Å². The third kappa shape index (κ3) is 4.40. The maximum atomic E-state index is 12.7.